The first-order chi connectivity index (χ1) is 14.5. The number of hydrogen-bond acceptors (Lipinski definition) is 8. The molecule has 0 N–H and O–H groups in total. The second kappa shape index (κ2) is 24.1. The Hall–Kier alpha value is 0.434. The summed E-state index contributed by atoms with van der Waals surface area (Å²) in [6, 6.07) is 0. The molecule has 8 nitrogen and oxygen atoms in total. The summed E-state index contributed by atoms with van der Waals surface area (Å²) in [5.41, 5.74) is 0. The molecule has 0 heterocycles. The minimum absolute atomic E-state index is 0. The van der Waals surface area contributed by atoms with Crippen LogP contribution in [-0.2, 0) is 40.0 Å². The van der Waals surface area contributed by atoms with Crippen molar-refractivity contribution in [2.24, 2.45) is 0 Å². The van der Waals surface area contributed by atoms with Gasteiger partial charge in [-0.05, 0) is 75.6 Å². The summed E-state index contributed by atoms with van der Waals surface area (Å²) in [4.78, 5) is 42.2. The van der Waals surface area contributed by atoms with Crippen LogP contribution in [-0.4, -0.2) is 24.6 Å². The molecule has 0 fully saturated rings. The third kappa shape index (κ3) is 37.2. The summed E-state index contributed by atoms with van der Waals surface area (Å²) in [5, 5.41) is 0. The van der Waals surface area contributed by atoms with E-state index in [4.69, 9.17) is 0 Å². The van der Waals surface area contributed by atoms with E-state index in [1.165, 1.54) is 47.6 Å². The molecule has 192 valence electrons. The molecule has 0 aromatic heterocycles. The minimum atomic E-state index is -3.10. The van der Waals surface area contributed by atoms with Gasteiger partial charge in [0, 0.05) is 29.5 Å². The topological polar surface area (TPSA) is 161 Å². The van der Waals surface area contributed by atoms with Gasteiger partial charge in [0.15, 0.2) is 0 Å². The zero-order chi connectivity index (χ0) is 26.5. The smallest absolute Gasteiger partial charge is 0.796 e. The molecule has 0 aliphatic rings. The average Bonchev–Trinajstić information content (AvgIpc) is 2.69. The van der Waals surface area contributed by atoms with Crippen LogP contribution in [0.1, 0.15) is 55.4 Å². The molecule has 0 aromatic carbocycles. The van der Waals surface area contributed by atoms with Crippen LogP contribution < -0.4 is 19.6 Å². The minimum Gasteiger partial charge on any atom is -0.796 e. The first kappa shape index (κ1) is 43.5. The van der Waals surface area contributed by atoms with Gasteiger partial charge in [0.25, 0.3) is 0 Å². The zero-order valence-electron chi connectivity index (χ0n) is 21.0. The van der Waals surface area contributed by atoms with Crippen LogP contribution in [0.4, 0.5) is 0 Å². The fourth-order valence-electron chi connectivity index (χ4n) is 1.33. The van der Waals surface area contributed by atoms with E-state index < -0.39 is 29.5 Å². The molecule has 0 spiro atoms. The summed E-state index contributed by atoms with van der Waals surface area (Å²) in [6.45, 7) is 13.3. The Balaban J connectivity index is -0.000000105. The second-order valence-corrected chi connectivity index (χ2v) is 15.6. The van der Waals surface area contributed by atoms with E-state index in [1.807, 2.05) is 0 Å². The van der Waals surface area contributed by atoms with Gasteiger partial charge in [0.05, 0.1) is 0 Å². The van der Waals surface area contributed by atoms with Gasteiger partial charge in [-0.15, -0.1) is 0 Å². The van der Waals surface area contributed by atoms with E-state index in [2.05, 4.69) is 0 Å². The number of hydrogen-bond donors (Lipinski definition) is 0. The normalized spacial score (nSPS) is 18.3. The zero-order valence-corrected chi connectivity index (χ0v) is 26.1. The predicted molar refractivity (Wildman–Crippen MR) is 132 cm³/mol. The third-order valence-corrected chi connectivity index (χ3v) is 9.80. The van der Waals surface area contributed by atoms with Crippen molar-refractivity contribution in [1.29, 1.82) is 0 Å². The van der Waals surface area contributed by atoms with Crippen LogP contribution in [0.15, 0.2) is 47.6 Å². The van der Waals surface area contributed by atoms with Crippen LogP contribution in [0.2, 0.25) is 0 Å². The van der Waals surface area contributed by atoms with Crippen molar-refractivity contribution >= 4 is 29.5 Å². The SMILES string of the molecule is CC=CP(=O)([O-])CC.CC=CP(=O)([O-])CC.CC=CP(=O)([O-])CC.CC=CP(=O)([O-])CC.[Ti+4]. The quantitative estimate of drug-likeness (QED) is 0.295. The van der Waals surface area contributed by atoms with Crippen molar-refractivity contribution in [2.45, 2.75) is 55.4 Å². The molecule has 0 aliphatic heterocycles. The maximum Gasteiger partial charge on any atom is 4.00 e. The van der Waals surface area contributed by atoms with Gasteiger partial charge in [-0.2, -0.15) is 0 Å². The molecule has 0 aromatic rings. The van der Waals surface area contributed by atoms with E-state index in [1.54, 1.807) is 55.4 Å². The van der Waals surface area contributed by atoms with Gasteiger partial charge in [-0.25, -0.2) is 0 Å². The molecule has 0 amide bonds. The molecule has 0 aliphatic carbocycles. The molecular weight excluding hydrogens is 540 g/mol. The summed E-state index contributed by atoms with van der Waals surface area (Å²) in [5.74, 6) is 4.97. The Morgan fingerprint density at radius 3 is 0.606 bits per heavy atom. The molecule has 0 rings (SSSR count). The van der Waals surface area contributed by atoms with Crippen molar-refractivity contribution in [3.05, 3.63) is 47.6 Å². The van der Waals surface area contributed by atoms with Crippen molar-refractivity contribution in [1.82, 2.24) is 0 Å². The third-order valence-electron chi connectivity index (χ3n) is 3.27. The monoisotopic (exact) mass is 580 g/mol. The van der Waals surface area contributed by atoms with Gasteiger partial charge in [-0.3, -0.25) is 0 Å². The van der Waals surface area contributed by atoms with Gasteiger partial charge in [-0.1, -0.05) is 52.0 Å². The molecule has 4 atom stereocenters. The molecule has 33 heavy (non-hydrogen) atoms. The van der Waals surface area contributed by atoms with Crippen LogP contribution in [0, 0.1) is 0 Å². The van der Waals surface area contributed by atoms with Crippen molar-refractivity contribution in [3.63, 3.8) is 0 Å². The number of allylic oxidation sites excluding steroid dienone is 4. The van der Waals surface area contributed by atoms with Gasteiger partial charge in [0.1, 0.15) is 0 Å². The molecule has 0 saturated carbocycles. The van der Waals surface area contributed by atoms with Crippen molar-refractivity contribution in [3.8, 4) is 0 Å². The van der Waals surface area contributed by atoms with E-state index in [-0.39, 0.29) is 46.4 Å². The maximum atomic E-state index is 10.5. The van der Waals surface area contributed by atoms with E-state index in [0.29, 0.717) is 0 Å². The van der Waals surface area contributed by atoms with Gasteiger partial charge in [0.2, 0.25) is 0 Å². The molecule has 13 heteroatoms. The fraction of sp³-hybridized carbons (Fsp3) is 0.600. The Labute approximate surface area is 216 Å². The van der Waals surface area contributed by atoms with Gasteiger partial charge >= 0.3 is 21.7 Å². The van der Waals surface area contributed by atoms with Crippen LogP contribution in [0.5, 0.6) is 0 Å². The van der Waals surface area contributed by atoms with Gasteiger partial charge < -0.3 is 37.8 Å². The summed E-state index contributed by atoms with van der Waals surface area (Å²) in [6.07, 6.45) is 7.03. The van der Waals surface area contributed by atoms with E-state index in [9.17, 15) is 37.8 Å². The molecule has 0 saturated heterocycles. The largest absolute Gasteiger partial charge is 4.00 e. The van der Waals surface area contributed by atoms with Crippen molar-refractivity contribution < 1.29 is 59.6 Å². The first-order valence-electron chi connectivity index (χ1n) is 10.2. The standard InChI is InChI=1S/4C5H11O2P.Ti/c4*1-3-5-8(6,7)4-2;/h4*3,5H,4H2,1-2H3,(H,6,7);/q;;;;+4/p-4. The molecule has 4 unspecified atom stereocenters. The van der Waals surface area contributed by atoms with Crippen LogP contribution >= 0.6 is 29.5 Å². The Morgan fingerprint density at radius 1 is 0.455 bits per heavy atom. The molecular formula is C20H40O8P4Ti. The Bertz CT molecular complexity index is 648. The van der Waals surface area contributed by atoms with E-state index >= 15 is 0 Å². The molecule has 0 bridgehead atoms. The van der Waals surface area contributed by atoms with E-state index in [0.717, 1.165) is 0 Å². The Kier molecular flexibility index (Phi) is 31.8. The van der Waals surface area contributed by atoms with Crippen LogP contribution in [0.3, 0.4) is 0 Å². The maximum absolute atomic E-state index is 10.5. The summed E-state index contributed by atoms with van der Waals surface area (Å²) < 4.78 is 42.2. The summed E-state index contributed by atoms with van der Waals surface area (Å²) in [7, 11) is -12.4. The second-order valence-electron chi connectivity index (χ2n) is 6.10. The van der Waals surface area contributed by atoms with Crippen LogP contribution in [0.25, 0.3) is 0 Å². The number of rotatable bonds is 8. The predicted octanol–water partition coefficient (Wildman–Crippen LogP) is 4.71. The fourth-order valence-corrected chi connectivity index (χ4v) is 3.99. The summed E-state index contributed by atoms with van der Waals surface area (Å²) >= 11 is 0. The Morgan fingerprint density at radius 2 is 0.576 bits per heavy atom. The first-order valence-corrected chi connectivity index (χ1v) is 17.7. The average molecular weight is 580 g/mol. The van der Waals surface area contributed by atoms with Crippen molar-refractivity contribution in [2.75, 3.05) is 24.6 Å². The molecule has 0 radical (unpaired) electrons.